The molecule has 2 aromatic rings. The molecule has 0 spiro atoms. The second kappa shape index (κ2) is 6.30. The van der Waals surface area contributed by atoms with E-state index in [-0.39, 0.29) is 6.42 Å². The number of carbonyl (C=O) groups is 1. The molecule has 0 saturated carbocycles. The summed E-state index contributed by atoms with van der Waals surface area (Å²) in [4.78, 5) is 15.1. The summed E-state index contributed by atoms with van der Waals surface area (Å²) in [6.45, 7) is 2.46. The first kappa shape index (κ1) is 14.9. The minimum absolute atomic E-state index is 0.0579. The lowest BCUT2D eigenvalue weighted by molar-refractivity contribution is -0.136. The third kappa shape index (κ3) is 3.16. The van der Waals surface area contributed by atoms with Crippen molar-refractivity contribution in [2.45, 2.75) is 13.3 Å². The Kier molecular flexibility index (Phi) is 4.47. The van der Waals surface area contributed by atoms with Crippen molar-refractivity contribution in [1.82, 2.24) is 9.55 Å². The highest BCUT2D eigenvalue weighted by Crippen LogP contribution is 2.32. The van der Waals surface area contributed by atoms with Crippen LogP contribution >= 0.6 is 0 Å². The largest absolute Gasteiger partial charge is 0.493 e. The van der Waals surface area contributed by atoms with Gasteiger partial charge < -0.3 is 19.1 Å². The fraction of sp³-hybridized carbons (Fsp3) is 0.333. The van der Waals surface area contributed by atoms with Gasteiger partial charge in [-0.05, 0) is 25.1 Å². The Morgan fingerprint density at radius 3 is 2.76 bits per heavy atom. The van der Waals surface area contributed by atoms with E-state index in [9.17, 15) is 4.79 Å². The molecular formula is C15H18N2O4. The van der Waals surface area contributed by atoms with E-state index in [0.29, 0.717) is 29.6 Å². The molecule has 6 nitrogen and oxygen atoms in total. The van der Waals surface area contributed by atoms with Crippen LogP contribution in [0.15, 0.2) is 24.4 Å². The summed E-state index contributed by atoms with van der Waals surface area (Å²) in [5.74, 6) is 1.10. The predicted molar refractivity (Wildman–Crippen MR) is 77.7 cm³/mol. The molecule has 2 rings (SSSR count). The van der Waals surface area contributed by atoms with Gasteiger partial charge in [0.15, 0.2) is 11.5 Å². The van der Waals surface area contributed by atoms with Crippen LogP contribution in [0, 0.1) is 0 Å². The molecule has 21 heavy (non-hydrogen) atoms. The van der Waals surface area contributed by atoms with E-state index in [4.69, 9.17) is 14.6 Å². The lowest BCUT2D eigenvalue weighted by Crippen LogP contribution is -2.06. The minimum atomic E-state index is -0.881. The number of carboxylic acids is 1. The van der Waals surface area contributed by atoms with Gasteiger partial charge in [0.25, 0.3) is 0 Å². The molecule has 1 N–H and O–H groups in total. The van der Waals surface area contributed by atoms with Crippen molar-refractivity contribution in [3.63, 3.8) is 0 Å². The molecule has 1 aromatic heterocycles. The van der Waals surface area contributed by atoms with E-state index >= 15 is 0 Å². The lowest BCUT2D eigenvalue weighted by Gasteiger charge is -2.11. The molecule has 0 unspecified atom stereocenters. The molecule has 1 heterocycles. The average Bonchev–Trinajstić information content (AvgIpc) is 2.80. The number of rotatable bonds is 6. The maximum atomic E-state index is 10.8. The Bertz CT molecular complexity index is 649. The van der Waals surface area contributed by atoms with Crippen molar-refractivity contribution in [2.75, 3.05) is 13.7 Å². The van der Waals surface area contributed by atoms with Crippen molar-refractivity contribution in [3.8, 4) is 22.9 Å². The number of imidazole rings is 1. The van der Waals surface area contributed by atoms with E-state index in [1.54, 1.807) is 24.9 Å². The highest BCUT2D eigenvalue weighted by Gasteiger charge is 2.13. The van der Waals surface area contributed by atoms with E-state index in [1.165, 1.54) is 0 Å². The van der Waals surface area contributed by atoms with Crippen molar-refractivity contribution < 1.29 is 19.4 Å². The van der Waals surface area contributed by atoms with Crippen LogP contribution in [0.3, 0.4) is 0 Å². The molecule has 0 amide bonds. The Labute approximate surface area is 122 Å². The summed E-state index contributed by atoms with van der Waals surface area (Å²) in [7, 11) is 3.37. The number of nitrogens with zero attached hydrogens (tertiary/aromatic N) is 2. The van der Waals surface area contributed by atoms with Crippen LogP contribution in [-0.2, 0) is 18.3 Å². The van der Waals surface area contributed by atoms with Gasteiger partial charge in [-0.3, -0.25) is 4.79 Å². The number of aliphatic carboxylic acids is 1. The number of benzene rings is 1. The van der Waals surface area contributed by atoms with Crippen molar-refractivity contribution >= 4 is 5.97 Å². The lowest BCUT2D eigenvalue weighted by atomic mass is 10.2. The molecule has 6 heteroatoms. The number of methoxy groups -OCH3 is 1. The summed E-state index contributed by atoms with van der Waals surface area (Å²) in [5, 5.41) is 8.87. The van der Waals surface area contributed by atoms with Crippen molar-refractivity contribution in [2.24, 2.45) is 7.05 Å². The average molecular weight is 290 g/mol. The maximum absolute atomic E-state index is 10.8. The molecule has 0 atom stereocenters. The minimum Gasteiger partial charge on any atom is -0.493 e. The monoisotopic (exact) mass is 290 g/mol. The molecule has 0 aliphatic rings. The Morgan fingerprint density at radius 2 is 2.14 bits per heavy atom. The van der Waals surface area contributed by atoms with Gasteiger partial charge in [-0.2, -0.15) is 0 Å². The van der Waals surface area contributed by atoms with Crippen LogP contribution in [0.2, 0.25) is 0 Å². The van der Waals surface area contributed by atoms with Gasteiger partial charge in [0, 0.05) is 24.5 Å². The van der Waals surface area contributed by atoms with Gasteiger partial charge in [-0.25, -0.2) is 4.98 Å². The summed E-state index contributed by atoms with van der Waals surface area (Å²) in [5.41, 5.74) is 1.49. The van der Waals surface area contributed by atoms with Gasteiger partial charge in [-0.1, -0.05) is 0 Å². The van der Waals surface area contributed by atoms with Crippen LogP contribution in [0.4, 0.5) is 0 Å². The van der Waals surface area contributed by atoms with E-state index < -0.39 is 5.97 Å². The fourth-order valence-electron chi connectivity index (χ4n) is 2.11. The number of hydrogen-bond acceptors (Lipinski definition) is 4. The molecule has 0 aliphatic heterocycles. The zero-order chi connectivity index (χ0) is 15.4. The van der Waals surface area contributed by atoms with Crippen LogP contribution in [0.5, 0.6) is 11.5 Å². The Hall–Kier alpha value is -2.50. The third-order valence-electron chi connectivity index (χ3n) is 3.14. The van der Waals surface area contributed by atoms with Gasteiger partial charge in [0.05, 0.1) is 20.1 Å². The van der Waals surface area contributed by atoms with Crippen LogP contribution in [-0.4, -0.2) is 34.3 Å². The first-order chi connectivity index (χ1) is 10.1. The molecule has 0 aliphatic carbocycles. The first-order valence-corrected chi connectivity index (χ1v) is 6.60. The number of carboxylic acid groups (broad SMARTS) is 1. The first-order valence-electron chi connectivity index (χ1n) is 6.60. The van der Waals surface area contributed by atoms with Gasteiger partial charge >= 0.3 is 5.97 Å². The summed E-state index contributed by atoms with van der Waals surface area (Å²) < 4.78 is 12.6. The zero-order valence-electron chi connectivity index (χ0n) is 12.3. The molecule has 0 radical (unpaired) electrons. The van der Waals surface area contributed by atoms with E-state index in [1.807, 2.05) is 25.1 Å². The molecule has 0 saturated heterocycles. The summed E-state index contributed by atoms with van der Waals surface area (Å²) >= 11 is 0. The summed E-state index contributed by atoms with van der Waals surface area (Å²) in [6.07, 6.45) is 1.52. The predicted octanol–water partition coefficient (Wildman–Crippen LogP) is 2.12. The van der Waals surface area contributed by atoms with Gasteiger partial charge in [0.2, 0.25) is 0 Å². The number of ether oxygens (including phenoxy) is 2. The second-order valence-corrected chi connectivity index (χ2v) is 4.50. The SMILES string of the molecule is CCOc1ccc(-c2ncc(CC(=O)O)n2C)cc1OC. The Morgan fingerprint density at radius 1 is 1.38 bits per heavy atom. The van der Waals surface area contributed by atoms with Crippen LogP contribution in [0.1, 0.15) is 12.6 Å². The van der Waals surface area contributed by atoms with Gasteiger partial charge in [0.1, 0.15) is 5.82 Å². The normalized spacial score (nSPS) is 10.4. The highest BCUT2D eigenvalue weighted by atomic mass is 16.5. The third-order valence-corrected chi connectivity index (χ3v) is 3.14. The number of hydrogen-bond donors (Lipinski definition) is 1. The van der Waals surface area contributed by atoms with Gasteiger partial charge in [-0.15, -0.1) is 0 Å². The maximum Gasteiger partial charge on any atom is 0.309 e. The molecular weight excluding hydrogens is 272 g/mol. The molecule has 112 valence electrons. The van der Waals surface area contributed by atoms with Crippen molar-refractivity contribution in [1.29, 1.82) is 0 Å². The summed E-state index contributed by atoms with van der Waals surface area (Å²) in [6, 6.07) is 5.53. The quantitative estimate of drug-likeness (QED) is 0.882. The Balaban J connectivity index is 2.38. The zero-order valence-corrected chi connectivity index (χ0v) is 12.3. The second-order valence-electron chi connectivity index (χ2n) is 4.50. The molecule has 0 fully saturated rings. The van der Waals surface area contributed by atoms with Crippen LogP contribution in [0.25, 0.3) is 11.4 Å². The smallest absolute Gasteiger partial charge is 0.309 e. The molecule has 0 bridgehead atoms. The van der Waals surface area contributed by atoms with Crippen molar-refractivity contribution in [3.05, 3.63) is 30.1 Å². The van der Waals surface area contributed by atoms with Crippen LogP contribution < -0.4 is 9.47 Å². The van der Waals surface area contributed by atoms with E-state index in [0.717, 1.165) is 5.56 Å². The fourth-order valence-corrected chi connectivity index (χ4v) is 2.11. The highest BCUT2D eigenvalue weighted by molar-refractivity contribution is 5.70. The van der Waals surface area contributed by atoms with E-state index in [2.05, 4.69) is 4.98 Å². The number of aromatic nitrogens is 2. The molecule has 1 aromatic carbocycles. The topological polar surface area (TPSA) is 73.6 Å². The standard InChI is InChI=1S/C15H18N2O4/c1-4-21-12-6-5-10(7-13(12)20-3)15-16-9-11(17(15)2)8-14(18)19/h5-7,9H,4,8H2,1-3H3,(H,18,19).